The van der Waals surface area contributed by atoms with Crippen LogP contribution in [0.5, 0.6) is 5.75 Å². The number of likely N-dealkylation sites (tertiary alicyclic amines) is 1. The minimum atomic E-state index is -0.806. The van der Waals surface area contributed by atoms with E-state index in [-0.39, 0.29) is 24.3 Å². The van der Waals surface area contributed by atoms with Crippen molar-refractivity contribution in [2.24, 2.45) is 0 Å². The molecule has 2 atom stereocenters. The average Bonchev–Trinajstić information content (AvgIpc) is 2.46. The fourth-order valence-electron chi connectivity index (χ4n) is 3.22. The van der Waals surface area contributed by atoms with Crippen LogP contribution in [-0.4, -0.2) is 35.7 Å². The second kappa shape index (κ2) is 6.89. The molecule has 1 aromatic rings. The van der Waals surface area contributed by atoms with Gasteiger partial charge in [0.25, 0.3) is 0 Å². The standard InChI is InChI=1S/C16H22FNO3/c1-11(16-13(17)7-5-8-14(16)21-2)18-9-4-3-6-12(18)10-15(19)20/h5,7-8,11-12H,3-4,6,9-10H2,1-2H3,(H,19,20). The van der Waals surface area contributed by atoms with Gasteiger partial charge in [-0.2, -0.15) is 0 Å². The lowest BCUT2D eigenvalue weighted by Gasteiger charge is -2.39. The lowest BCUT2D eigenvalue weighted by molar-refractivity contribution is -0.139. The second-order valence-electron chi connectivity index (χ2n) is 5.52. The maximum Gasteiger partial charge on any atom is 0.304 e. The van der Waals surface area contributed by atoms with Crippen molar-refractivity contribution >= 4 is 5.97 Å². The van der Waals surface area contributed by atoms with Crippen LogP contribution in [0.1, 0.15) is 44.2 Å². The molecule has 1 aromatic carbocycles. The highest BCUT2D eigenvalue weighted by atomic mass is 19.1. The number of ether oxygens (including phenoxy) is 1. The van der Waals surface area contributed by atoms with E-state index in [1.807, 2.05) is 6.92 Å². The Balaban J connectivity index is 2.28. The Morgan fingerprint density at radius 3 is 2.95 bits per heavy atom. The van der Waals surface area contributed by atoms with Gasteiger partial charge < -0.3 is 9.84 Å². The van der Waals surface area contributed by atoms with E-state index in [9.17, 15) is 9.18 Å². The molecule has 21 heavy (non-hydrogen) atoms. The Morgan fingerprint density at radius 1 is 1.52 bits per heavy atom. The van der Waals surface area contributed by atoms with E-state index >= 15 is 0 Å². The van der Waals surface area contributed by atoms with Gasteiger partial charge in [0.15, 0.2) is 0 Å². The second-order valence-corrected chi connectivity index (χ2v) is 5.52. The van der Waals surface area contributed by atoms with Gasteiger partial charge in [-0.1, -0.05) is 12.5 Å². The Bertz CT molecular complexity index is 506. The van der Waals surface area contributed by atoms with Crippen LogP contribution in [0, 0.1) is 5.82 Å². The number of aliphatic carboxylic acids is 1. The zero-order chi connectivity index (χ0) is 15.4. The van der Waals surface area contributed by atoms with E-state index in [4.69, 9.17) is 9.84 Å². The van der Waals surface area contributed by atoms with E-state index in [1.165, 1.54) is 13.2 Å². The summed E-state index contributed by atoms with van der Waals surface area (Å²) in [6.07, 6.45) is 2.97. The lowest BCUT2D eigenvalue weighted by Crippen LogP contribution is -2.42. The minimum absolute atomic E-state index is 0.0458. The van der Waals surface area contributed by atoms with Gasteiger partial charge in [0.2, 0.25) is 0 Å². The van der Waals surface area contributed by atoms with Gasteiger partial charge in [0.05, 0.1) is 13.5 Å². The van der Waals surface area contributed by atoms with Crippen molar-refractivity contribution in [1.82, 2.24) is 4.90 Å². The summed E-state index contributed by atoms with van der Waals surface area (Å²) in [5, 5.41) is 9.07. The van der Waals surface area contributed by atoms with Crippen LogP contribution in [0.4, 0.5) is 4.39 Å². The molecule has 0 spiro atoms. The number of carboxylic acids is 1. The third kappa shape index (κ3) is 3.53. The first-order valence-corrected chi connectivity index (χ1v) is 7.34. The maximum absolute atomic E-state index is 14.2. The molecule has 2 unspecified atom stereocenters. The normalized spacial score (nSPS) is 21.0. The van der Waals surface area contributed by atoms with E-state index in [2.05, 4.69) is 4.90 Å². The Labute approximate surface area is 124 Å². The van der Waals surface area contributed by atoms with E-state index in [0.29, 0.717) is 11.3 Å². The molecular weight excluding hydrogens is 273 g/mol. The molecule has 116 valence electrons. The number of methoxy groups -OCH3 is 1. The number of piperidine rings is 1. The van der Waals surface area contributed by atoms with Crippen molar-refractivity contribution in [3.8, 4) is 5.75 Å². The van der Waals surface area contributed by atoms with Gasteiger partial charge >= 0.3 is 5.97 Å². The fourth-order valence-corrected chi connectivity index (χ4v) is 3.22. The van der Waals surface area contributed by atoms with Crippen LogP contribution in [0.15, 0.2) is 18.2 Å². The van der Waals surface area contributed by atoms with Gasteiger partial charge in [-0.25, -0.2) is 4.39 Å². The van der Waals surface area contributed by atoms with Gasteiger partial charge in [-0.3, -0.25) is 9.69 Å². The first kappa shape index (κ1) is 15.8. The number of carbonyl (C=O) groups is 1. The highest BCUT2D eigenvalue weighted by Crippen LogP contribution is 2.35. The van der Waals surface area contributed by atoms with E-state index in [0.717, 1.165) is 25.8 Å². The van der Waals surface area contributed by atoms with Crippen molar-refractivity contribution in [3.63, 3.8) is 0 Å². The highest BCUT2D eigenvalue weighted by Gasteiger charge is 2.31. The Morgan fingerprint density at radius 2 is 2.29 bits per heavy atom. The van der Waals surface area contributed by atoms with Crippen molar-refractivity contribution < 1.29 is 19.0 Å². The van der Waals surface area contributed by atoms with Gasteiger partial charge in [-0.05, 0) is 38.4 Å². The average molecular weight is 295 g/mol. The van der Waals surface area contributed by atoms with E-state index in [1.54, 1.807) is 12.1 Å². The topological polar surface area (TPSA) is 49.8 Å². The quantitative estimate of drug-likeness (QED) is 0.906. The predicted octanol–water partition coefficient (Wildman–Crippen LogP) is 3.22. The lowest BCUT2D eigenvalue weighted by atomic mass is 9.94. The van der Waals surface area contributed by atoms with Crippen molar-refractivity contribution in [2.75, 3.05) is 13.7 Å². The fraction of sp³-hybridized carbons (Fsp3) is 0.562. The summed E-state index contributed by atoms with van der Waals surface area (Å²) in [6.45, 7) is 2.71. The molecule has 5 heteroatoms. The van der Waals surface area contributed by atoms with Gasteiger partial charge in [0.1, 0.15) is 11.6 Å². The molecule has 1 N–H and O–H groups in total. The third-order valence-electron chi connectivity index (χ3n) is 4.23. The highest BCUT2D eigenvalue weighted by molar-refractivity contribution is 5.67. The molecule has 0 aromatic heterocycles. The number of hydrogen-bond donors (Lipinski definition) is 1. The van der Waals surface area contributed by atoms with Gasteiger partial charge in [0, 0.05) is 17.6 Å². The molecule has 0 radical (unpaired) electrons. The van der Waals surface area contributed by atoms with Gasteiger partial charge in [-0.15, -0.1) is 0 Å². The molecule has 4 nitrogen and oxygen atoms in total. The molecule has 2 rings (SSSR count). The molecule has 0 bridgehead atoms. The monoisotopic (exact) mass is 295 g/mol. The molecule has 1 aliphatic rings. The van der Waals surface area contributed by atoms with Crippen molar-refractivity contribution in [2.45, 2.75) is 44.7 Å². The van der Waals surface area contributed by atoms with Crippen molar-refractivity contribution in [1.29, 1.82) is 0 Å². The SMILES string of the molecule is COc1cccc(F)c1C(C)N1CCCCC1CC(=O)O. The zero-order valence-corrected chi connectivity index (χ0v) is 12.5. The van der Waals surface area contributed by atoms with Crippen LogP contribution in [-0.2, 0) is 4.79 Å². The summed E-state index contributed by atoms with van der Waals surface area (Å²) < 4.78 is 19.5. The smallest absolute Gasteiger partial charge is 0.304 e. The number of nitrogens with zero attached hydrogens (tertiary/aromatic N) is 1. The molecule has 1 saturated heterocycles. The first-order valence-electron chi connectivity index (χ1n) is 7.34. The van der Waals surface area contributed by atoms with Crippen LogP contribution >= 0.6 is 0 Å². The summed E-state index contributed by atoms with van der Waals surface area (Å²) in [4.78, 5) is 13.1. The summed E-state index contributed by atoms with van der Waals surface area (Å²) in [7, 11) is 1.52. The summed E-state index contributed by atoms with van der Waals surface area (Å²) >= 11 is 0. The molecular formula is C16H22FNO3. The Kier molecular flexibility index (Phi) is 5.17. The number of halogens is 1. The molecule has 1 fully saturated rings. The molecule has 0 amide bonds. The van der Waals surface area contributed by atoms with Crippen LogP contribution in [0.25, 0.3) is 0 Å². The zero-order valence-electron chi connectivity index (χ0n) is 12.5. The summed E-state index contributed by atoms with van der Waals surface area (Å²) in [6, 6.07) is 4.53. The van der Waals surface area contributed by atoms with E-state index < -0.39 is 5.97 Å². The van der Waals surface area contributed by atoms with Crippen molar-refractivity contribution in [3.05, 3.63) is 29.6 Å². The maximum atomic E-state index is 14.2. The summed E-state index contributed by atoms with van der Waals surface area (Å²) in [5.74, 6) is -0.594. The van der Waals surface area contributed by atoms with Crippen LogP contribution < -0.4 is 4.74 Å². The molecule has 0 saturated carbocycles. The number of rotatable bonds is 5. The first-order chi connectivity index (χ1) is 10.0. The number of benzene rings is 1. The number of carboxylic acid groups (broad SMARTS) is 1. The predicted molar refractivity (Wildman–Crippen MR) is 78.0 cm³/mol. The van der Waals surface area contributed by atoms with Crippen LogP contribution in [0.2, 0.25) is 0 Å². The summed E-state index contributed by atoms with van der Waals surface area (Å²) in [5.41, 5.74) is 0.511. The minimum Gasteiger partial charge on any atom is -0.496 e. The van der Waals surface area contributed by atoms with Crippen LogP contribution in [0.3, 0.4) is 0 Å². The third-order valence-corrected chi connectivity index (χ3v) is 4.23. The molecule has 1 aliphatic heterocycles. The molecule has 0 aliphatic carbocycles. The Hall–Kier alpha value is -1.62. The molecule has 1 heterocycles. The largest absolute Gasteiger partial charge is 0.496 e. The number of hydrogen-bond acceptors (Lipinski definition) is 3.